The molecule has 2 saturated heterocycles. The molecule has 0 aliphatic carbocycles. The van der Waals surface area contributed by atoms with E-state index in [9.17, 15) is 19.2 Å². The van der Waals surface area contributed by atoms with Gasteiger partial charge >= 0.3 is 6.16 Å². The molecule has 0 saturated carbocycles. The first kappa shape index (κ1) is 26.6. The van der Waals surface area contributed by atoms with Gasteiger partial charge in [-0.2, -0.15) is 0 Å². The molecule has 3 heterocycles. The summed E-state index contributed by atoms with van der Waals surface area (Å²) in [5, 5.41) is 0. The fourth-order valence-corrected chi connectivity index (χ4v) is 5.22. The molecule has 3 aliphatic heterocycles. The average Bonchev–Trinajstić information content (AvgIpc) is 3.23. The van der Waals surface area contributed by atoms with Crippen molar-refractivity contribution in [1.29, 1.82) is 0 Å². The lowest BCUT2D eigenvalue weighted by atomic mass is 9.95. The highest BCUT2D eigenvalue weighted by molar-refractivity contribution is 6.05. The summed E-state index contributed by atoms with van der Waals surface area (Å²) in [6.07, 6.45) is 2.29. The number of likely N-dealkylation sites (tertiary alicyclic amines) is 1. The number of ether oxygens (including phenoxy) is 4. The molecular formula is C26H33N3O8. The van der Waals surface area contributed by atoms with Crippen molar-refractivity contribution in [2.75, 3.05) is 45.5 Å². The van der Waals surface area contributed by atoms with Gasteiger partial charge in [0, 0.05) is 57.4 Å². The maximum Gasteiger partial charge on any atom is 0.510 e. The molecular weight excluding hydrogens is 482 g/mol. The van der Waals surface area contributed by atoms with Crippen molar-refractivity contribution in [1.82, 2.24) is 9.80 Å². The molecule has 1 unspecified atom stereocenters. The molecule has 0 N–H and O–H groups in total. The Morgan fingerprint density at radius 3 is 2.51 bits per heavy atom. The van der Waals surface area contributed by atoms with Crippen LogP contribution in [0, 0.1) is 5.92 Å². The summed E-state index contributed by atoms with van der Waals surface area (Å²) in [5.41, 5.74) is 2.42. The third-order valence-electron chi connectivity index (χ3n) is 7.17. The van der Waals surface area contributed by atoms with E-state index >= 15 is 0 Å². The van der Waals surface area contributed by atoms with E-state index in [0.29, 0.717) is 11.5 Å². The van der Waals surface area contributed by atoms with E-state index in [-0.39, 0.29) is 38.2 Å². The van der Waals surface area contributed by atoms with E-state index in [1.165, 1.54) is 11.0 Å². The summed E-state index contributed by atoms with van der Waals surface area (Å²) in [6, 6.07) is 4.93. The fraction of sp³-hybridized carbons (Fsp3) is 0.538. The third kappa shape index (κ3) is 5.62. The highest BCUT2D eigenvalue weighted by Crippen LogP contribution is 2.33. The number of nitrogens with zero attached hydrogens (tertiary/aromatic N) is 3. The van der Waals surface area contributed by atoms with Crippen LogP contribution in [0.15, 0.2) is 30.9 Å². The van der Waals surface area contributed by atoms with Gasteiger partial charge in [-0.25, -0.2) is 9.69 Å². The van der Waals surface area contributed by atoms with E-state index in [2.05, 4.69) is 11.5 Å². The van der Waals surface area contributed by atoms with Crippen LogP contribution in [0.4, 0.5) is 10.5 Å². The number of anilines is 1. The summed E-state index contributed by atoms with van der Waals surface area (Å²) >= 11 is 0. The Balaban J connectivity index is 1.40. The summed E-state index contributed by atoms with van der Waals surface area (Å²) in [6.45, 7) is 4.78. The van der Waals surface area contributed by atoms with Gasteiger partial charge in [0.25, 0.3) is 11.8 Å². The van der Waals surface area contributed by atoms with Gasteiger partial charge in [-0.1, -0.05) is 12.7 Å². The van der Waals surface area contributed by atoms with E-state index in [4.69, 9.17) is 18.9 Å². The molecule has 1 atom stereocenters. The Hall–Kier alpha value is -3.44. The first-order valence-corrected chi connectivity index (χ1v) is 12.4. The van der Waals surface area contributed by atoms with Gasteiger partial charge in [0.15, 0.2) is 13.0 Å². The number of methoxy groups -OCH3 is 2. The zero-order valence-corrected chi connectivity index (χ0v) is 21.2. The largest absolute Gasteiger partial charge is 0.510 e. The molecule has 0 spiro atoms. The zero-order chi connectivity index (χ0) is 26.5. The van der Waals surface area contributed by atoms with Crippen LogP contribution in [0.25, 0.3) is 0 Å². The molecule has 11 nitrogen and oxygen atoms in total. The highest BCUT2D eigenvalue weighted by Gasteiger charge is 2.43. The van der Waals surface area contributed by atoms with Crippen molar-refractivity contribution in [3.05, 3.63) is 42.0 Å². The zero-order valence-electron chi connectivity index (χ0n) is 21.2. The minimum absolute atomic E-state index is 0.0509. The summed E-state index contributed by atoms with van der Waals surface area (Å²) < 4.78 is 20.4. The smallest absolute Gasteiger partial charge is 0.430 e. The molecule has 1 aromatic carbocycles. The van der Waals surface area contributed by atoms with E-state index in [1.807, 2.05) is 12.1 Å². The van der Waals surface area contributed by atoms with Crippen LogP contribution in [0.5, 0.6) is 0 Å². The Morgan fingerprint density at radius 1 is 1.11 bits per heavy atom. The minimum Gasteiger partial charge on any atom is -0.430 e. The maximum absolute atomic E-state index is 13.2. The van der Waals surface area contributed by atoms with Gasteiger partial charge in [0.1, 0.15) is 12.6 Å². The number of hydrogen-bond acceptors (Lipinski definition) is 9. The van der Waals surface area contributed by atoms with Gasteiger partial charge in [-0.3, -0.25) is 14.4 Å². The molecule has 0 radical (unpaired) electrons. The lowest BCUT2D eigenvalue weighted by Crippen LogP contribution is -2.55. The lowest BCUT2D eigenvalue weighted by molar-refractivity contribution is -0.157. The molecule has 0 aromatic heterocycles. The van der Waals surface area contributed by atoms with Crippen LogP contribution < -0.4 is 4.90 Å². The van der Waals surface area contributed by atoms with Gasteiger partial charge in [-0.15, -0.1) is 0 Å². The number of benzene rings is 1. The molecule has 37 heavy (non-hydrogen) atoms. The molecule has 2 fully saturated rings. The quantitative estimate of drug-likeness (QED) is 0.211. The SMILES string of the molecule is C=CCOC(=O)OCN1C(=O)CCC(N2Cc3cc(N4CCC(C(OC)OC)CC4)ccc3C2=O)C1=O. The van der Waals surface area contributed by atoms with Crippen molar-refractivity contribution in [2.45, 2.75) is 44.6 Å². The fourth-order valence-electron chi connectivity index (χ4n) is 5.22. The molecule has 3 amide bonds. The number of hydrogen-bond donors (Lipinski definition) is 0. The Bertz CT molecular complexity index is 1050. The number of carbonyl (C=O) groups is 4. The standard InChI is InChI=1S/C26H33N3O8/c1-4-13-36-26(33)37-16-29-22(30)8-7-21(24(29)32)28-15-18-14-19(5-6-20(18)23(28)31)27-11-9-17(10-12-27)25(34-2)35-3/h4-6,14,17,21,25H,1,7-13,15-16H2,2-3H3. The molecule has 1 aromatic rings. The number of piperidine rings is 2. The molecule has 3 aliphatic rings. The van der Waals surface area contributed by atoms with Crippen molar-refractivity contribution in [2.24, 2.45) is 5.92 Å². The topological polar surface area (TPSA) is 115 Å². The molecule has 200 valence electrons. The Kier molecular flexibility index (Phi) is 8.45. The summed E-state index contributed by atoms with van der Waals surface area (Å²) in [7, 11) is 3.31. The van der Waals surface area contributed by atoms with Crippen LogP contribution in [0.1, 0.15) is 41.6 Å². The maximum atomic E-state index is 13.2. The highest BCUT2D eigenvalue weighted by atomic mass is 16.7. The van der Waals surface area contributed by atoms with Crippen molar-refractivity contribution in [3.8, 4) is 0 Å². The number of carbonyl (C=O) groups excluding carboxylic acids is 4. The van der Waals surface area contributed by atoms with Gasteiger partial charge in [0.2, 0.25) is 5.91 Å². The van der Waals surface area contributed by atoms with E-state index < -0.39 is 30.7 Å². The minimum atomic E-state index is -1.01. The second kappa shape index (κ2) is 11.7. The monoisotopic (exact) mass is 515 g/mol. The van der Waals surface area contributed by atoms with Crippen LogP contribution in [-0.2, 0) is 35.1 Å². The van der Waals surface area contributed by atoms with Gasteiger partial charge < -0.3 is 28.7 Å². The number of fused-ring (bicyclic) bond motifs is 1. The average molecular weight is 516 g/mol. The first-order chi connectivity index (χ1) is 17.9. The van der Waals surface area contributed by atoms with Crippen LogP contribution >= 0.6 is 0 Å². The number of imide groups is 1. The molecule has 11 heteroatoms. The molecule has 4 rings (SSSR count). The predicted octanol–water partition coefficient (Wildman–Crippen LogP) is 2.29. The van der Waals surface area contributed by atoms with Gasteiger partial charge in [0.05, 0.1) is 0 Å². The van der Waals surface area contributed by atoms with E-state index in [1.54, 1.807) is 20.3 Å². The van der Waals surface area contributed by atoms with Crippen molar-refractivity contribution in [3.63, 3.8) is 0 Å². The van der Waals surface area contributed by atoms with Crippen LogP contribution in [0.2, 0.25) is 0 Å². The Morgan fingerprint density at radius 2 is 1.84 bits per heavy atom. The summed E-state index contributed by atoms with van der Waals surface area (Å²) in [4.78, 5) is 54.9. The van der Waals surface area contributed by atoms with Gasteiger partial charge in [-0.05, 0) is 43.0 Å². The molecule has 0 bridgehead atoms. The van der Waals surface area contributed by atoms with Crippen LogP contribution in [-0.4, -0.2) is 86.7 Å². The van der Waals surface area contributed by atoms with E-state index in [0.717, 1.165) is 42.1 Å². The lowest BCUT2D eigenvalue weighted by Gasteiger charge is -2.36. The summed E-state index contributed by atoms with van der Waals surface area (Å²) in [5.74, 6) is -0.949. The Labute approximate surface area is 215 Å². The van der Waals surface area contributed by atoms with Crippen LogP contribution in [0.3, 0.4) is 0 Å². The second-order valence-corrected chi connectivity index (χ2v) is 9.28. The first-order valence-electron chi connectivity index (χ1n) is 12.4. The predicted molar refractivity (Wildman–Crippen MR) is 131 cm³/mol. The number of amides is 3. The third-order valence-corrected chi connectivity index (χ3v) is 7.17. The second-order valence-electron chi connectivity index (χ2n) is 9.28. The number of rotatable bonds is 9. The van der Waals surface area contributed by atoms with Crippen molar-refractivity contribution < 1.29 is 38.1 Å². The van der Waals surface area contributed by atoms with Crippen molar-refractivity contribution >= 4 is 29.6 Å². The normalized spacial score (nSPS) is 20.5.